The van der Waals surface area contributed by atoms with Crippen LogP contribution in [-0.2, 0) is 16.0 Å². The molecule has 2 aliphatic rings. The van der Waals surface area contributed by atoms with E-state index in [1.807, 2.05) is 12.1 Å². The second-order valence-corrected chi connectivity index (χ2v) is 10.6. The Morgan fingerprint density at radius 1 is 1.21 bits per heavy atom. The number of carbonyl (C=O) groups excluding carboxylic acids is 2. The molecule has 6 heteroatoms. The number of fused-ring (bicyclic) bond motifs is 1. The minimum absolute atomic E-state index is 0.209. The molecular weight excluding hydrogens is 426 g/mol. The molecule has 1 amide bonds. The number of ether oxygens (including phenoxy) is 1. The van der Waals surface area contributed by atoms with Crippen molar-refractivity contribution in [1.29, 1.82) is 0 Å². The van der Waals surface area contributed by atoms with Crippen LogP contribution < -0.4 is 5.32 Å². The maximum atomic E-state index is 12.7. The number of carbonyl (C=O) groups is 2. The first-order valence-corrected chi connectivity index (χ1v) is 12.9. The zero-order chi connectivity index (χ0) is 24.2. The van der Waals surface area contributed by atoms with E-state index in [1.165, 1.54) is 31.9 Å². The van der Waals surface area contributed by atoms with Gasteiger partial charge in [0.15, 0.2) is 0 Å². The molecule has 0 spiro atoms. The first-order valence-electron chi connectivity index (χ1n) is 12.9. The Hall–Kier alpha value is -2.63. The van der Waals surface area contributed by atoms with E-state index in [9.17, 15) is 9.59 Å². The number of aromatic amines is 1. The Morgan fingerprint density at radius 3 is 2.68 bits per heavy atom. The maximum absolute atomic E-state index is 12.7. The van der Waals surface area contributed by atoms with Gasteiger partial charge in [-0.2, -0.15) is 0 Å². The predicted molar refractivity (Wildman–Crippen MR) is 134 cm³/mol. The number of aromatic nitrogens is 2. The molecule has 2 aliphatic carbocycles. The summed E-state index contributed by atoms with van der Waals surface area (Å²) in [5.41, 5.74) is 3.63. The molecule has 34 heavy (non-hydrogen) atoms. The van der Waals surface area contributed by atoms with Gasteiger partial charge in [-0.15, -0.1) is 0 Å². The lowest BCUT2D eigenvalue weighted by molar-refractivity contribution is -0.126. The summed E-state index contributed by atoms with van der Waals surface area (Å²) in [7, 11) is 1.39. The third kappa shape index (κ3) is 5.53. The summed E-state index contributed by atoms with van der Waals surface area (Å²) in [6.07, 6.45) is 10.1. The van der Waals surface area contributed by atoms with Gasteiger partial charge < -0.3 is 15.0 Å². The third-order valence-electron chi connectivity index (χ3n) is 7.96. The minimum Gasteiger partial charge on any atom is -0.465 e. The molecule has 2 N–H and O–H groups in total. The number of hydrogen-bond donors (Lipinski definition) is 2. The van der Waals surface area contributed by atoms with Gasteiger partial charge in [-0.05, 0) is 68.1 Å². The van der Waals surface area contributed by atoms with Gasteiger partial charge in [0.1, 0.15) is 5.82 Å². The second kappa shape index (κ2) is 10.7. The number of amides is 1. The van der Waals surface area contributed by atoms with E-state index in [1.54, 1.807) is 6.07 Å². The van der Waals surface area contributed by atoms with Crippen molar-refractivity contribution in [2.24, 2.45) is 29.6 Å². The largest absolute Gasteiger partial charge is 0.465 e. The van der Waals surface area contributed by atoms with Gasteiger partial charge in [-0.1, -0.05) is 44.8 Å². The molecule has 2 aromatic rings. The summed E-state index contributed by atoms with van der Waals surface area (Å²) in [6.45, 7) is 7.54. The van der Waals surface area contributed by atoms with Crippen molar-refractivity contribution in [3.8, 4) is 0 Å². The molecule has 0 bridgehead atoms. The molecule has 0 aliphatic heterocycles. The lowest BCUT2D eigenvalue weighted by Gasteiger charge is -2.37. The van der Waals surface area contributed by atoms with Gasteiger partial charge in [-0.3, -0.25) is 4.79 Å². The van der Waals surface area contributed by atoms with E-state index in [4.69, 9.17) is 9.72 Å². The number of nitrogens with zero attached hydrogens (tertiary/aromatic N) is 1. The van der Waals surface area contributed by atoms with Crippen molar-refractivity contribution in [2.45, 2.75) is 65.7 Å². The molecule has 0 unspecified atom stereocenters. The molecule has 0 radical (unpaired) electrons. The molecule has 1 aromatic carbocycles. The first-order chi connectivity index (χ1) is 16.4. The average molecular weight is 466 g/mol. The van der Waals surface area contributed by atoms with Crippen molar-refractivity contribution in [3.63, 3.8) is 0 Å². The lowest BCUT2D eigenvalue weighted by Crippen LogP contribution is -2.39. The average Bonchev–Trinajstić information content (AvgIpc) is 3.25. The van der Waals surface area contributed by atoms with Crippen LogP contribution in [0.4, 0.5) is 0 Å². The normalized spacial score (nSPS) is 23.7. The SMILES string of the molecule is COC(=O)c1ccc2nc(C[C@@H]3C[C@@H](C(C)C)[C@H](CNC(=O)C4CCCCC4)C=C3C)[nH]c2c1. The Kier molecular flexibility index (Phi) is 7.74. The number of allylic oxidation sites excluding steroid dienone is 1. The molecule has 1 aromatic heterocycles. The van der Waals surface area contributed by atoms with Crippen LogP contribution >= 0.6 is 0 Å². The van der Waals surface area contributed by atoms with Crippen LogP contribution in [0.25, 0.3) is 11.0 Å². The van der Waals surface area contributed by atoms with Gasteiger partial charge >= 0.3 is 5.97 Å². The van der Waals surface area contributed by atoms with Crippen molar-refractivity contribution in [2.75, 3.05) is 13.7 Å². The van der Waals surface area contributed by atoms with Crippen LogP contribution in [0.1, 0.15) is 75.5 Å². The molecule has 1 fully saturated rings. The number of methoxy groups -OCH3 is 1. The monoisotopic (exact) mass is 465 g/mol. The highest BCUT2D eigenvalue weighted by Gasteiger charge is 2.33. The van der Waals surface area contributed by atoms with Crippen LogP contribution in [0.5, 0.6) is 0 Å². The van der Waals surface area contributed by atoms with Crippen molar-refractivity contribution >= 4 is 22.9 Å². The quantitative estimate of drug-likeness (QED) is 0.421. The van der Waals surface area contributed by atoms with Gasteiger partial charge in [0, 0.05) is 18.9 Å². The van der Waals surface area contributed by atoms with E-state index in [-0.39, 0.29) is 17.8 Å². The van der Waals surface area contributed by atoms with Gasteiger partial charge in [0.05, 0.1) is 23.7 Å². The summed E-state index contributed by atoms with van der Waals surface area (Å²) < 4.78 is 4.83. The molecule has 3 atom stereocenters. The molecule has 0 saturated heterocycles. The molecular formula is C28H39N3O3. The zero-order valence-electron chi connectivity index (χ0n) is 21.0. The number of esters is 1. The van der Waals surface area contributed by atoms with Gasteiger partial charge in [0.25, 0.3) is 0 Å². The summed E-state index contributed by atoms with van der Waals surface area (Å²) in [4.78, 5) is 32.7. The number of benzene rings is 1. The van der Waals surface area contributed by atoms with Crippen LogP contribution in [0.2, 0.25) is 0 Å². The number of hydrogen-bond acceptors (Lipinski definition) is 4. The third-order valence-corrected chi connectivity index (χ3v) is 7.96. The number of rotatable bonds is 7. The van der Waals surface area contributed by atoms with E-state index in [0.717, 1.165) is 49.1 Å². The Bertz CT molecular complexity index is 1050. The highest BCUT2D eigenvalue weighted by Crippen LogP contribution is 2.39. The lowest BCUT2D eigenvalue weighted by atomic mass is 9.69. The summed E-state index contributed by atoms with van der Waals surface area (Å²) >= 11 is 0. The minimum atomic E-state index is -0.342. The summed E-state index contributed by atoms with van der Waals surface area (Å²) in [5, 5.41) is 3.29. The molecule has 184 valence electrons. The molecule has 4 rings (SSSR count). The standard InChI is InChI=1S/C28H39N3O3/c1-17(2)23-13-21(15-26-30-24-11-10-20(28(33)34-4)14-25(24)31-26)18(3)12-22(23)16-29-27(32)19-8-6-5-7-9-19/h10-12,14,17,19,21-23H,5-9,13,15-16H2,1-4H3,(H,29,32)(H,30,31)/t21-,22-,23-/m0/s1. The van der Waals surface area contributed by atoms with Crippen LogP contribution in [-0.4, -0.2) is 35.5 Å². The zero-order valence-corrected chi connectivity index (χ0v) is 21.0. The molecule has 6 nitrogen and oxygen atoms in total. The number of imidazole rings is 1. The van der Waals surface area contributed by atoms with Gasteiger partial charge in [-0.25, -0.2) is 9.78 Å². The van der Waals surface area contributed by atoms with Crippen molar-refractivity contribution in [3.05, 3.63) is 41.2 Å². The fourth-order valence-electron chi connectivity index (χ4n) is 5.87. The highest BCUT2D eigenvalue weighted by molar-refractivity contribution is 5.93. The van der Waals surface area contributed by atoms with Gasteiger partial charge in [0.2, 0.25) is 5.91 Å². The highest BCUT2D eigenvalue weighted by atomic mass is 16.5. The fraction of sp³-hybridized carbons (Fsp3) is 0.607. The molecule has 1 saturated carbocycles. The number of nitrogens with one attached hydrogen (secondary N) is 2. The van der Waals surface area contributed by atoms with Crippen molar-refractivity contribution in [1.82, 2.24) is 15.3 Å². The summed E-state index contributed by atoms with van der Waals surface area (Å²) in [6, 6.07) is 5.43. The second-order valence-electron chi connectivity index (χ2n) is 10.6. The maximum Gasteiger partial charge on any atom is 0.337 e. The predicted octanol–water partition coefficient (Wildman–Crippen LogP) is 5.44. The first kappa shape index (κ1) is 24.5. The topological polar surface area (TPSA) is 84.1 Å². The van der Waals surface area contributed by atoms with E-state index >= 15 is 0 Å². The Balaban J connectivity index is 1.44. The van der Waals surface area contributed by atoms with Crippen LogP contribution in [0.3, 0.4) is 0 Å². The van der Waals surface area contributed by atoms with Crippen LogP contribution in [0, 0.1) is 29.6 Å². The van der Waals surface area contributed by atoms with E-state index in [2.05, 4.69) is 37.1 Å². The van der Waals surface area contributed by atoms with E-state index in [0.29, 0.717) is 29.2 Å². The number of H-pyrrole nitrogens is 1. The molecule has 1 heterocycles. The summed E-state index contributed by atoms with van der Waals surface area (Å²) in [5.74, 6) is 2.93. The fourth-order valence-corrected chi connectivity index (χ4v) is 5.87. The van der Waals surface area contributed by atoms with E-state index < -0.39 is 0 Å². The van der Waals surface area contributed by atoms with Crippen molar-refractivity contribution < 1.29 is 14.3 Å². The van der Waals surface area contributed by atoms with Crippen LogP contribution in [0.15, 0.2) is 29.8 Å². The smallest absolute Gasteiger partial charge is 0.337 e. The Labute approximate surface area is 202 Å². The Morgan fingerprint density at radius 2 is 1.97 bits per heavy atom.